The van der Waals surface area contributed by atoms with Crippen molar-refractivity contribution in [3.8, 4) is 5.75 Å². The SMILES string of the molecule is Cc1cc(CNC(=O)c2nc3n(c(=O)c2O)CCCC3N(C)C(=O)CS(=O)(=O)N(C)C)ccc1F. The zero-order valence-corrected chi connectivity index (χ0v) is 20.7. The molecule has 0 aliphatic carbocycles. The van der Waals surface area contributed by atoms with Crippen molar-refractivity contribution >= 4 is 21.8 Å². The highest BCUT2D eigenvalue weighted by Gasteiger charge is 2.34. The number of benzene rings is 1. The Labute approximate surface area is 202 Å². The van der Waals surface area contributed by atoms with E-state index in [1.807, 2.05) is 0 Å². The number of aromatic nitrogens is 2. The first kappa shape index (κ1) is 26.3. The number of hydrogen-bond donors (Lipinski definition) is 2. The fraction of sp³-hybridized carbons (Fsp3) is 0.455. The number of hydrogen-bond acceptors (Lipinski definition) is 7. The summed E-state index contributed by atoms with van der Waals surface area (Å²) < 4.78 is 39.9. The fourth-order valence-corrected chi connectivity index (χ4v) is 4.55. The van der Waals surface area contributed by atoms with Gasteiger partial charge in [0, 0.05) is 34.2 Å². The molecule has 11 nitrogen and oxygen atoms in total. The van der Waals surface area contributed by atoms with E-state index in [4.69, 9.17) is 0 Å². The van der Waals surface area contributed by atoms with Gasteiger partial charge in [-0.1, -0.05) is 12.1 Å². The van der Waals surface area contributed by atoms with E-state index in [2.05, 4.69) is 10.3 Å². The van der Waals surface area contributed by atoms with Crippen molar-refractivity contribution in [1.82, 2.24) is 24.1 Å². The van der Waals surface area contributed by atoms with Gasteiger partial charge in [-0.2, -0.15) is 0 Å². The molecule has 3 rings (SSSR count). The molecule has 1 atom stereocenters. The summed E-state index contributed by atoms with van der Waals surface area (Å²) in [6.07, 6.45) is 0.865. The van der Waals surface area contributed by atoms with E-state index < -0.39 is 50.6 Å². The second-order valence-corrected chi connectivity index (χ2v) is 10.8. The highest BCUT2D eigenvalue weighted by Crippen LogP contribution is 2.29. The summed E-state index contributed by atoms with van der Waals surface area (Å²) in [4.78, 5) is 43.7. The second kappa shape index (κ2) is 10.1. The van der Waals surface area contributed by atoms with Crippen LogP contribution in [-0.4, -0.2) is 71.0 Å². The summed E-state index contributed by atoms with van der Waals surface area (Å²) in [5, 5.41) is 12.9. The van der Waals surface area contributed by atoms with Gasteiger partial charge in [-0.05, 0) is 37.0 Å². The lowest BCUT2D eigenvalue weighted by Gasteiger charge is -2.33. The first-order chi connectivity index (χ1) is 16.3. The van der Waals surface area contributed by atoms with Crippen molar-refractivity contribution in [2.45, 2.75) is 38.9 Å². The summed E-state index contributed by atoms with van der Waals surface area (Å²) in [7, 11) is 0.237. The van der Waals surface area contributed by atoms with Crippen LogP contribution in [0.5, 0.6) is 5.75 Å². The van der Waals surface area contributed by atoms with Crippen molar-refractivity contribution in [2.75, 3.05) is 26.9 Å². The molecule has 2 aromatic rings. The van der Waals surface area contributed by atoms with Gasteiger partial charge in [-0.15, -0.1) is 0 Å². The minimum absolute atomic E-state index is 0.00367. The smallest absolute Gasteiger partial charge is 0.296 e. The van der Waals surface area contributed by atoms with Crippen molar-refractivity contribution in [3.05, 3.63) is 57.0 Å². The van der Waals surface area contributed by atoms with Gasteiger partial charge >= 0.3 is 0 Å². The number of nitrogens with one attached hydrogen (secondary N) is 1. The highest BCUT2D eigenvalue weighted by molar-refractivity contribution is 7.89. The van der Waals surface area contributed by atoms with E-state index in [-0.39, 0.29) is 24.7 Å². The molecule has 2 amide bonds. The minimum Gasteiger partial charge on any atom is -0.501 e. The van der Waals surface area contributed by atoms with Crippen LogP contribution < -0.4 is 10.9 Å². The summed E-state index contributed by atoms with van der Waals surface area (Å²) in [5.41, 5.74) is -0.328. The van der Waals surface area contributed by atoms with Crippen LogP contribution in [0.15, 0.2) is 23.0 Å². The van der Waals surface area contributed by atoms with E-state index in [1.54, 1.807) is 13.0 Å². The van der Waals surface area contributed by atoms with Gasteiger partial charge in [0.1, 0.15) is 17.4 Å². The molecule has 0 saturated heterocycles. The number of carbonyl (C=O) groups excluding carboxylic acids is 2. The molecule has 1 aromatic carbocycles. The van der Waals surface area contributed by atoms with Gasteiger partial charge in [0.15, 0.2) is 5.69 Å². The number of fused-ring (bicyclic) bond motifs is 1. The van der Waals surface area contributed by atoms with Gasteiger partial charge in [0.05, 0.1) is 6.04 Å². The topological polar surface area (TPSA) is 142 Å². The van der Waals surface area contributed by atoms with Crippen LogP contribution in [0.2, 0.25) is 0 Å². The van der Waals surface area contributed by atoms with E-state index in [0.717, 1.165) is 4.31 Å². The van der Waals surface area contributed by atoms with Crippen molar-refractivity contribution < 1.29 is 27.5 Å². The number of amides is 2. The third-order valence-corrected chi connectivity index (χ3v) is 7.67. The largest absolute Gasteiger partial charge is 0.501 e. The van der Waals surface area contributed by atoms with Crippen LogP contribution in [0.1, 0.15) is 46.3 Å². The fourth-order valence-electron chi connectivity index (χ4n) is 3.77. The summed E-state index contributed by atoms with van der Waals surface area (Å²) in [6, 6.07) is 3.55. The maximum atomic E-state index is 13.5. The van der Waals surface area contributed by atoms with Crippen molar-refractivity contribution in [3.63, 3.8) is 0 Å². The lowest BCUT2D eigenvalue weighted by Crippen LogP contribution is -2.43. The average Bonchev–Trinajstić information content (AvgIpc) is 2.80. The molecule has 13 heteroatoms. The van der Waals surface area contributed by atoms with Crippen LogP contribution in [0.3, 0.4) is 0 Å². The molecular formula is C22H28FN5O6S. The number of nitrogens with zero attached hydrogens (tertiary/aromatic N) is 4. The predicted molar refractivity (Wildman–Crippen MR) is 125 cm³/mol. The third kappa shape index (κ3) is 5.51. The average molecular weight is 510 g/mol. The number of halogens is 1. The molecule has 0 spiro atoms. The van der Waals surface area contributed by atoms with Gasteiger partial charge in [-0.3, -0.25) is 19.0 Å². The molecule has 190 valence electrons. The van der Waals surface area contributed by atoms with Crippen LogP contribution in [0.25, 0.3) is 0 Å². The minimum atomic E-state index is -3.81. The first-order valence-electron chi connectivity index (χ1n) is 10.9. The summed E-state index contributed by atoms with van der Waals surface area (Å²) >= 11 is 0. The lowest BCUT2D eigenvalue weighted by molar-refractivity contribution is -0.130. The number of aryl methyl sites for hydroxylation is 1. The zero-order chi connectivity index (χ0) is 26.1. The molecule has 1 aliphatic heterocycles. The van der Waals surface area contributed by atoms with Crippen molar-refractivity contribution in [2.24, 2.45) is 0 Å². The summed E-state index contributed by atoms with van der Waals surface area (Å²) in [6.45, 7) is 1.81. The Morgan fingerprint density at radius 1 is 1.29 bits per heavy atom. The Morgan fingerprint density at radius 3 is 2.60 bits per heavy atom. The molecule has 0 saturated carbocycles. The van der Waals surface area contributed by atoms with E-state index in [1.165, 1.54) is 42.7 Å². The molecule has 2 heterocycles. The Morgan fingerprint density at radius 2 is 1.97 bits per heavy atom. The van der Waals surface area contributed by atoms with E-state index >= 15 is 0 Å². The maximum Gasteiger partial charge on any atom is 0.296 e. The predicted octanol–water partition coefficient (Wildman–Crippen LogP) is 0.511. The number of sulfonamides is 1. The Bertz CT molecular complexity index is 1320. The second-order valence-electron chi connectivity index (χ2n) is 8.59. The lowest BCUT2D eigenvalue weighted by atomic mass is 10.0. The number of carbonyl (C=O) groups is 2. The standard InChI is InChI=1S/C22H28FN5O6S/c1-13-10-14(7-8-15(13)23)11-24-21(31)18-19(30)22(32)28-9-5-6-16(20(28)25-18)27(4)17(29)12-35(33,34)26(2)3/h7-8,10,16,30H,5-6,9,11-12H2,1-4H3,(H,24,31). The van der Waals surface area contributed by atoms with Gasteiger partial charge in [-0.25, -0.2) is 22.1 Å². The molecule has 0 bridgehead atoms. The molecule has 2 N–H and O–H groups in total. The zero-order valence-electron chi connectivity index (χ0n) is 19.9. The van der Waals surface area contributed by atoms with Crippen LogP contribution in [0, 0.1) is 12.7 Å². The van der Waals surface area contributed by atoms with Crippen molar-refractivity contribution in [1.29, 1.82) is 0 Å². The molecular weight excluding hydrogens is 481 g/mol. The Kier molecular flexibility index (Phi) is 7.60. The molecule has 1 aromatic heterocycles. The monoisotopic (exact) mass is 509 g/mol. The molecule has 0 fully saturated rings. The van der Waals surface area contributed by atoms with E-state index in [0.29, 0.717) is 24.0 Å². The normalized spacial score (nSPS) is 15.5. The van der Waals surface area contributed by atoms with Crippen LogP contribution in [-0.2, 0) is 27.9 Å². The highest BCUT2D eigenvalue weighted by atomic mass is 32.2. The Balaban J connectivity index is 1.89. The third-order valence-electron chi connectivity index (χ3n) is 5.95. The Hall–Kier alpha value is -3.32. The van der Waals surface area contributed by atoms with Gasteiger partial charge in [0.2, 0.25) is 21.7 Å². The number of rotatable bonds is 7. The molecule has 35 heavy (non-hydrogen) atoms. The quantitative estimate of drug-likeness (QED) is 0.554. The van der Waals surface area contributed by atoms with Gasteiger partial charge < -0.3 is 15.3 Å². The maximum absolute atomic E-state index is 13.5. The molecule has 1 unspecified atom stereocenters. The van der Waals surface area contributed by atoms with E-state index in [9.17, 15) is 32.3 Å². The summed E-state index contributed by atoms with van der Waals surface area (Å²) in [5.74, 6) is -3.41. The van der Waals surface area contributed by atoms with Crippen LogP contribution in [0.4, 0.5) is 4.39 Å². The number of aromatic hydroxyl groups is 1. The van der Waals surface area contributed by atoms with Gasteiger partial charge in [0.25, 0.3) is 11.5 Å². The van der Waals surface area contributed by atoms with Crippen LogP contribution >= 0.6 is 0 Å². The first-order valence-corrected chi connectivity index (χ1v) is 12.5. The molecule has 1 aliphatic rings. The molecule has 0 radical (unpaired) electrons.